The van der Waals surface area contributed by atoms with Crippen LogP contribution < -0.4 is 5.32 Å². The minimum absolute atomic E-state index is 0.471. The first-order valence-electron chi connectivity index (χ1n) is 6.96. The zero-order valence-corrected chi connectivity index (χ0v) is 12.7. The maximum atomic E-state index is 11.4. The Bertz CT molecular complexity index is 456. The smallest absolute Gasteiger partial charge is 0.323 e. The Morgan fingerprint density at radius 2 is 2.35 bits per heavy atom. The predicted octanol–water partition coefficient (Wildman–Crippen LogP) is 1.33. The van der Waals surface area contributed by atoms with E-state index in [0.717, 1.165) is 30.2 Å². The summed E-state index contributed by atoms with van der Waals surface area (Å²) in [6.07, 6.45) is 4.28. The summed E-state index contributed by atoms with van der Waals surface area (Å²) in [6.45, 7) is 1.89. The molecule has 1 aromatic rings. The molecule has 2 rings (SSSR count). The second kappa shape index (κ2) is 6.53. The zero-order valence-electron chi connectivity index (χ0n) is 11.9. The minimum Gasteiger partial charge on any atom is -0.480 e. The molecule has 0 amide bonds. The van der Waals surface area contributed by atoms with E-state index < -0.39 is 11.5 Å². The number of aliphatic carboxylic acids is 1. The van der Waals surface area contributed by atoms with Crippen molar-refractivity contribution in [3.05, 3.63) is 0 Å². The summed E-state index contributed by atoms with van der Waals surface area (Å²) in [5.74, 6) is 0.0411. The Hall–Kier alpha value is -1.15. The third kappa shape index (κ3) is 3.29. The van der Waals surface area contributed by atoms with Gasteiger partial charge in [0.2, 0.25) is 5.16 Å². The highest BCUT2D eigenvalue weighted by atomic mass is 32.2. The van der Waals surface area contributed by atoms with Gasteiger partial charge >= 0.3 is 5.97 Å². The predicted molar refractivity (Wildman–Crippen MR) is 75.8 cm³/mol. The Labute approximate surface area is 122 Å². The number of carboxylic acids is 1. The summed E-state index contributed by atoms with van der Waals surface area (Å²) in [5, 5.41) is 24.8. The van der Waals surface area contributed by atoms with E-state index in [1.807, 2.05) is 11.6 Å². The fraction of sp³-hybridized carbons (Fsp3) is 0.833. The van der Waals surface area contributed by atoms with Gasteiger partial charge in [0, 0.05) is 5.75 Å². The van der Waals surface area contributed by atoms with Crippen LogP contribution in [0, 0.1) is 0 Å². The third-order valence-corrected chi connectivity index (χ3v) is 4.85. The van der Waals surface area contributed by atoms with Crippen molar-refractivity contribution in [1.82, 2.24) is 25.5 Å². The van der Waals surface area contributed by atoms with E-state index in [-0.39, 0.29) is 0 Å². The third-order valence-electron chi connectivity index (χ3n) is 3.83. The first-order chi connectivity index (χ1) is 9.63. The number of aromatic nitrogens is 4. The van der Waals surface area contributed by atoms with Gasteiger partial charge < -0.3 is 10.4 Å². The van der Waals surface area contributed by atoms with E-state index >= 15 is 0 Å². The van der Waals surface area contributed by atoms with Gasteiger partial charge in [-0.3, -0.25) is 4.79 Å². The molecule has 8 heteroatoms. The van der Waals surface area contributed by atoms with Crippen LogP contribution in [0.15, 0.2) is 5.16 Å². The summed E-state index contributed by atoms with van der Waals surface area (Å²) in [7, 11) is 1.71. The molecular formula is C12H21N5O2S. The molecule has 0 bridgehead atoms. The summed E-state index contributed by atoms with van der Waals surface area (Å²) < 4.78 is 1.88. The van der Waals surface area contributed by atoms with Crippen molar-refractivity contribution < 1.29 is 9.90 Å². The molecule has 1 aliphatic rings. The van der Waals surface area contributed by atoms with Crippen LogP contribution >= 0.6 is 11.8 Å². The topological polar surface area (TPSA) is 92.9 Å². The molecule has 1 unspecified atom stereocenters. The number of nitrogens with one attached hydrogen (secondary N) is 1. The van der Waals surface area contributed by atoms with Crippen molar-refractivity contribution in [1.29, 1.82) is 0 Å². The lowest BCUT2D eigenvalue weighted by atomic mass is 9.91. The van der Waals surface area contributed by atoms with Gasteiger partial charge in [-0.15, -0.1) is 5.10 Å². The van der Waals surface area contributed by atoms with Crippen molar-refractivity contribution in [3.8, 4) is 0 Å². The average Bonchev–Trinajstić information content (AvgIpc) is 3.18. The second-order valence-electron chi connectivity index (χ2n) is 5.08. The Morgan fingerprint density at radius 1 is 1.60 bits per heavy atom. The fourth-order valence-corrected chi connectivity index (χ4v) is 3.09. The number of carbonyl (C=O) groups is 1. The number of tetrazole rings is 1. The van der Waals surface area contributed by atoms with Crippen LogP contribution in [0.4, 0.5) is 0 Å². The van der Waals surface area contributed by atoms with Crippen LogP contribution in [0.3, 0.4) is 0 Å². The first kappa shape index (κ1) is 15.2. The van der Waals surface area contributed by atoms with Crippen LogP contribution in [0.25, 0.3) is 0 Å². The quantitative estimate of drug-likeness (QED) is 0.525. The summed E-state index contributed by atoms with van der Waals surface area (Å²) in [6, 6.07) is 0.471. The van der Waals surface area contributed by atoms with Gasteiger partial charge in [-0.1, -0.05) is 18.7 Å². The van der Waals surface area contributed by atoms with Gasteiger partial charge in [-0.05, 0) is 49.6 Å². The molecule has 0 radical (unpaired) electrons. The lowest BCUT2D eigenvalue weighted by Gasteiger charge is -2.27. The van der Waals surface area contributed by atoms with Gasteiger partial charge in [-0.25, -0.2) is 4.68 Å². The van der Waals surface area contributed by atoms with Crippen LogP contribution in [0.5, 0.6) is 0 Å². The number of hydrogen-bond donors (Lipinski definition) is 2. The molecule has 1 heterocycles. The lowest BCUT2D eigenvalue weighted by molar-refractivity contribution is -0.145. The van der Waals surface area contributed by atoms with E-state index in [1.165, 1.54) is 0 Å². The zero-order chi connectivity index (χ0) is 14.6. The number of hydrogen-bond acceptors (Lipinski definition) is 6. The molecule has 0 aliphatic heterocycles. The summed E-state index contributed by atoms with van der Waals surface area (Å²) in [5.41, 5.74) is -0.816. The molecule has 20 heavy (non-hydrogen) atoms. The first-order valence-corrected chi connectivity index (χ1v) is 7.94. The van der Waals surface area contributed by atoms with Crippen LogP contribution in [0.1, 0.15) is 45.1 Å². The maximum absolute atomic E-state index is 11.4. The van der Waals surface area contributed by atoms with Crippen LogP contribution in [-0.2, 0) is 4.79 Å². The second-order valence-corrected chi connectivity index (χ2v) is 6.14. The fourth-order valence-electron chi connectivity index (χ4n) is 2.21. The average molecular weight is 299 g/mol. The SMILES string of the molecule is CCC(CCCSc1nnnn1C1CC1)(NC)C(=O)O. The summed E-state index contributed by atoms with van der Waals surface area (Å²) in [4.78, 5) is 11.4. The Morgan fingerprint density at radius 3 is 2.90 bits per heavy atom. The Balaban J connectivity index is 1.80. The molecule has 112 valence electrons. The minimum atomic E-state index is -0.816. The molecule has 0 saturated heterocycles. The lowest BCUT2D eigenvalue weighted by Crippen LogP contribution is -2.49. The van der Waals surface area contributed by atoms with Crippen molar-refractivity contribution in [2.45, 2.75) is 55.8 Å². The highest BCUT2D eigenvalue weighted by Gasteiger charge is 2.34. The standard InChI is InChI=1S/C12H21N5O2S/c1-3-12(13-2,10(18)19)7-4-8-20-11-14-15-16-17(11)9-5-6-9/h9,13H,3-8H2,1-2H3,(H,18,19). The van der Waals surface area contributed by atoms with Crippen molar-refractivity contribution in [2.24, 2.45) is 0 Å². The molecule has 1 atom stereocenters. The maximum Gasteiger partial charge on any atom is 0.323 e. The normalized spacial score (nSPS) is 17.9. The number of nitrogens with zero attached hydrogens (tertiary/aromatic N) is 4. The number of likely N-dealkylation sites (N-methyl/N-ethyl adjacent to an activating group) is 1. The number of thioether (sulfide) groups is 1. The molecule has 0 spiro atoms. The van der Waals surface area contributed by atoms with Crippen molar-refractivity contribution in [2.75, 3.05) is 12.8 Å². The van der Waals surface area contributed by atoms with E-state index in [4.69, 9.17) is 0 Å². The van der Waals surface area contributed by atoms with Gasteiger partial charge in [0.15, 0.2) is 0 Å². The molecule has 2 N–H and O–H groups in total. The number of rotatable bonds is 9. The largest absolute Gasteiger partial charge is 0.480 e. The molecule has 7 nitrogen and oxygen atoms in total. The van der Waals surface area contributed by atoms with E-state index in [0.29, 0.717) is 18.9 Å². The number of carboxylic acid groups (broad SMARTS) is 1. The van der Waals surface area contributed by atoms with Gasteiger partial charge in [-0.2, -0.15) is 0 Å². The highest BCUT2D eigenvalue weighted by molar-refractivity contribution is 7.99. The van der Waals surface area contributed by atoms with Crippen LogP contribution in [-0.4, -0.2) is 49.6 Å². The molecule has 0 aromatic carbocycles. The highest BCUT2D eigenvalue weighted by Crippen LogP contribution is 2.36. The molecule has 1 saturated carbocycles. The molecule has 1 fully saturated rings. The van der Waals surface area contributed by atoms with Crippen molar-refractivity contribution >= 4 is 17.7 Å². The molecule has 1 aromatic heterocycles. The Kier molecular flexibility index (Phi) is 4.98. The molecular weight excluding hydrogens is 278 g/mol. The molecule has 1 aliphatic carbocycles. The van der Waals surface area contributed by atoms with Gasteiger partial charge in [0.25, 0.3) is 0 Å². The van der Waals surface area contributed by atoms with E-state index in [1.54, 1.807) is 18.8 Å². The van der Waals surface area contributed by atoms with E-state index in [9.17, 15) is 9.90 Å². The summed E-state index contributed by atoms with van der Waals surface area (Å²) >= 11 is 1.60. The van der Waals surface area contributed by atoms with Gasteiger partial charge in [0.05, 0.1) is 6.04 Å². The van der Waals surface area contributed by atoms with Crippen molar-refractivity contribution in [3.63, 3.8) is 0 Å². The monoisotopic (exact) mass is 299 g/mol. The van der Waals surface area contributed by atoms with Crippen LogP contribution in [0.2, 0.25) is 0 Å². The van der Waals surface area contributed by atoms with Gasteiger partial charge in [0.1, 0.15) is 5.54 Å². The van der Waals surface area contributed by atoms with E-state index in [2.05, 4.69) is 20.8 Å².